The summed E-state index contributed by atoms with van der Waals surface area (Å²) in [5, 5.41) is 0. The van der Waals surface area contributed by atoms with Gasteiger partial charge in [-0.2, -0.15) is 0 Å². The molecule has 0 fully saturated rings. The number of amides is 1. The van der Waals surface area contributed by atoms with Crippen molar-refractivity contribution in [3.05, 3.63) is 0 Å². The van der Waals surface area contributed by atoms with Crippen LogP contribution in [-0.2, 0) is 9.53 Å². The monoisotopic (exact) mass is 201 g/mol. The average molecular weight is 201 g/mol. The Balaban J connectivity index is 4.20. The van der Waals surface area contributed by atoms with Gasteiger partial charge in [0.25, 0.3) is 0 Å². The summed E-state index contributed by atoms with van der Waals surface area (Å²) in [6.45, 7) is 7.35. The molecule has 0 heterocycles. The largest absolute Gasteiger partial charge is 0.383 e. The van der Waals surface area contributed by atoms with Gasteiger partial charge in [0.2, 0.25) is 5.91 Å². The van der Waals surface area contributed by atoms with Crippen molar-refractivity contribution in [2.75, 3.05) is 20.3 Å². The Bertz CT molecular complexity index is 159. The summed E-state index contributed by atoms with van der Waals surface area (Å²) >= 11 is 0. The van der Waals surface area contributed by atoms with E-state index in [4.69, 9.17) is 4.74 Å². The molecule has 0 radical (unpaired) electrons. The van der Waals surface area contributed by atoms with E-state index in [0.29, 0.717) is 6.61 Å². The van der Waals surface area contributed by atoms with Gasteiger partial charge in [0.05, 0.1) is 12.6 Å². The molecule has 0 saturated heterocycles. The number of carbonyl (C=O) groups excluding carboxylic acids is 1. The molecule has 84 valence electrons. The van der Waals surface area contributed by atoms with Gasteiger partial charge in [-0.25, -0.2) is 0 Å². The van der Waals surface area contributed by atoms with Gasteiger partial charge < -0.3 is 9.64 Å². The first-order valence-corrected chi connectivity index (χ1v) is 5.43. The van der Waals surface area contributed by atoms with E-state index in [1.54, 1.807) is 14.0 Å². The Kier molecular flexibility index (Phi) is 7.48. The van der Waals surface area contributed by atoms with Crippen molar-refractivity contribution in [2.24, 2.45) is 0 Å². The molecule has 0 aliphatic rings. The minimum absolute atomic E-state index is 0.155. The fraction of sp³-hybridized carbons (Fsp3) is 0.909. The van der Waals surface area contributed by atoms with E-state index >= 15 is 0 Å². The highest BCUT2D eigenvalue weighted by Gasteiger charge is 2.18. The zero-order valence-electron chi connectivity index (χ0n) is 9.88. The topological polar surface area (TPSA) is 29.5 Å². The predicted molar refractivity (Wildman–Crippen MR) is 58.3 cm³/mol. The number of hydrogen-bond donors (Lipinski definition) is 0. The number of carbonyl (C=O) groups is 1. The second-order valence-electron chi connectivity index (χ2n) is 3.58. The Hall–Kier alpha value is -0.570. The molecule has 1 atom stereocenters. The van der Waals surface area contributed by atoms with E-state index < -0.39 is 0 Å². The maximum Gasteiger partial charge on any atom is 0.219 e. The lowest BCUT2D eigenvalue weighted by Crippen LogP contribution is -2.41. The smallest absolute Gasteiger partial charge is 0.219 e. The van der Waals surface area contributed by atoms with Gasteiger partial charge in [-0.05, 0) is 12.8 Å². The van der Waals surface area contributed by atoms with Crippen molar-refractivity contribution in [3.63, 3.8) is 0 Å². The molecule has 0 aromatic heterocycles. The number of methoxy groups -OCH3 is 1. The second-order valence-corrected chi connectivity index (χ2v) is 3.58. The molecule has 0 aliphatic heterocycles. The van der Waals surface area contributed by atoms with Crippen LogP contribution in [0.3, 0.4) is 0 Å². The Morgan fingerprint density at radius 3 is 2.43 bits per heavy atom. The van der Waals surface area contributed by atoms with Crippen LogP contribution in [0.15, 0.2) is 0 Å². The third kappa shape index (κ3) is 4.61. The molecule has 1 amide bonds. The normalized spacial score (nSPS) is 12.6. The lowest BCUT2D eigenvalue weighted by Gasteiger charge is -2.29. The number of unbranched alkanes of at least 4 members (excludes halogenated alkanes) is 1. The van der Waals surface area contributed by atoms with E-state index in [2.05, 4.69) is 13.8 Å². The highest BCUT2D eigenvalue weighted by Crippen LogP contribution is 2.07. The van der Waals surface area contributed by atoms with Gasteiger partial charge in [0.15, 0.2) is 0 Å². The first kappa shape index (κ1) is 13.4. The minimum atomic E-state index is 0.155. The molecular formula is C11H23NO2. The molecule has 3 nitrogen and oxygen atoms in total. The maximum atomic E-state index is 11.4. The lowest BCUT2D eigenvalue weighted by molar-refractivity contribution is -0.132. The zero-order valence-corrected chi connectivity index (χ0v) is 9.88. The summed E-state index contributed by atoms with van der Waals surface area (Å²) in [5.41, 5.74) is 0. The second kappa shape index (κ2) is 7.80. The van der Waals surface area contributed by atoms with E-state index in [9.17, 15) is 4.79 Å². The lowest BCUT2D eigenvalue weighted by atomic mass is 10.2. The fourth-order valence-electron chi connectivity index (χ4n) is 1.55. The van der Waals surface area contributed by atoms with Gasteiger partial charge in [-0.15, -0.1) is 0 Å². The van der Waals surface area contributed by atoms with Crippen LogP contribution in [0.5, 0.6) is 0 Å². The highest BCUT2D eigenvalue weighted by atomic mass is 16.5. The number of hydrogen-bond acceptors (Lipinski definition) is 2. The minimum Gasteiger partial charge on any atom is -0.383 e. The summed E-state index contributed by atoms with van der Waals surface area (Å²) < 4.78 is 5.11. The summed E-state index contributed by atoms with van der Waals surface area (Å²) in [4.78, 5) is 13.3. The van der Waals surface area contributed by atoms with Gasteiger partial charge in [0, 0.05) is 20.6 Å². The standard InChI is InChI=1S/C11H23NO2/c1-5-7-8-12(10(3)13)11(6-2)9-14-4/h11H,5-9H2,1-4H3. The number of rotatable bonds is 7. The summed E-state index contributed by atoms with van der Waals surface area (Å²) in [5.74, 6) is 0.155. The van der Waals surface area contributed by atoms with Crippen LogP contribution in [0.2, 0.25) is 0 Å². The third-order valence-corrected chi connectivity index (χ3v) is 2.43. The fourth-order valence-corrected chi connectivity index (χ4v) is 1.55. The molecule has 14 heavy (non-hydrogen) atoms. The van der Waals surface area contributed by atoms with Gasteiger partial charge in [0.1, 0.15) is 0 Å². The number of ether oxygens (including phenoxy) is 1. The van der Waals surface area contributed by atoms with Crippen LogP contribution < -0.4 is 0 Å². The summed E-state index contributed by atoms with van der Waals surface area (Å²) in [6.07, 6.45) is 3.14. The van der Waals surface area contributed by atoms with E-state index in [1.165, 1.54) is 0 Å². The number of nitrogens with zero attached hydrogens (tertiary/aromatic N) is 1. The van der Waals surface area contributed by atoms with Crippen LogP contribution in [0.1, 0.15) is 40.0 Å². The first-order chi connectivity index (χ1) is 6.67. The molecule has 3 heteroatoms. The Morgan fingerprint density at radius 1 is 1.43 bits per heavy atom. The van der Waals surface area contributed by atoms with Crippen molar-refractivity contribution in [1.82, 2.24) is 4.90 Å². The first-order valence-electron chi connectivity index (χ1n) is 5.43. The molecule has 0 aliphatic carbocycles. The van der Waals surface area contributed by atoms with Crippen molar-refractivity contribution in [2.45, 2.75) is 46.1 Å². The predicted octanol–water partition coefficient (Wildman–Crippen LogP) is 2.06. The van der Waals surface area contributed by atoms with Crippen molar-refractivity contribution in [1.29, 1.82) is 0 Å². The SMILES string of the molecule is CCCCN(C(C)=O)C(CC)COC. The van der Waals surface area contributed by atoms with Gasteiger partial charge >= 0.3 is 0 Å². The van der Waals surface area contributed by atoms with Crippen LogP contribution in [-0.4, -0.2) is 37.1 Å². The van der Waals surface area contributed by atoms with Crippen LogP contribution in [0, 0.1) is 0 Å². The van der Waals surface area contributed by atoms with E-state index in [-0.39, 0.29) is 11.9 Å². The molecule has 0 aromatic carbocycles. The molecule has 0 spiro atoms. The summed E-state index contributed by atoms with van der Waals surface area (Å²) in [7, 11) is 1.68. The molecule has 0 bridgehead atoms. The average Bonchev–Trinajstić information content (AvgIpc) is 2.16. The zero-order chi connectivity index (χ0) is 11.0. The maximum absolute atomic E-state index is 11.4. The molecular weight excluding hydrogens is 178 g/mol. The van der Waals surface area contributed by atoms with Gasteiger partial charge in [-0.3, -0.25) is 4.79 Å². The summed E-state index contributed by atoms with van der Waals surface area (Å²) in [6, 6.07) is 0.240. The molecule has 0 aromatic rings. The van der Waals surface area contributed by atoms with Crippen LogP contribution >= 0.6 is 0 Å². The van der Waals surface area contributed by atoms with Crippen molar-refractivity contribution < 1.29 is 9.53 Å². The quantitative estimate of drug-likeness (QED) is 0.631. The van der Waals surface area contributed by atoms with Crippen LogP contribution in [0.25, 0.3) is 0 Å². The molecule has 0 N–H and O–H groups in total. The van der Waals surface area contributed by atoms with Crippen LogP contribution in [0.4, 0.5) is 0 Å². The molecule has 0 rings (SSSR count). The third-order valence-electron chi connectivity index (χ3n) is 2.43. The Labute approximate surface area is 87.4 Å². The van der Waals surface area contributed by atoms with Gasteiger partial charge in [-0.1, -0.05) is 20.3 Å². The molecule has 0 saturated carbocycles. The van der Waals surface area contributed by atoms with E-state index in [1.807, 2.05) is 4.90 Å². The Morgan fingerprint density at radius 2 is 2.07 bits per heavy atom. The highest BCUT2D eigenvalue weighted by molar-refractivity contribution is 5.73. The van der Waals surface area contributed by atoms with E-state index in [0.717, 1.165) is 25.8 Å². The molecule has 1 unspecified atom stereocenters. The van der Waals surface area contributed by atoms with Crippen molar-refractivity contribution >= 4 is 5.91 Å². The van der Waals surface area contributed by atoms with Crippen molar-refractivity contribution in [3.8, 4) is 0 Å².